The monoisotopic (exact) mass is 242 g/mol. The maximum absolute atomic E-state index is 11.8. The maximum Gasteiger partial charge on any atom is 0.237 e. The second-order valence-corrected chi connectivity index (χ2v) is 6.45. The Morgan fingerprint density at radius 2 is 2.38 bits per heavy atom. The van der Waals surface area contributed by atoms with Crippen molar-refractivity contribution in [2.24, 2.45) is 11.8 Å². The normalized spacial score (nSPS) is 30.7. The van der Waals surface area contributed by atoms with Gasteiger partial charge in [0.1, 0.15) is 0 Å². The number of hydrogen-bond acceptors (Lipinski definition) is 3. The average molecular weight is 242 g/mol. The van der Waals surface area contributed by atoms with Gasteiger partial charge in [-0.1, -0.05) is 13.8 Å². The lowest BCUT2D eigenvalue weighted by Gasteiger charge is -2.28. The van der Waals surface area contributed by atoms with Crippen molar-refractivity contribution in [3.05, 3.63) is 0 Å². The second-order valence-electron chi connectivity index (χ2n) is 5.30. The van der Waals surface area contributed by atoms with Gasteiger partial charge in [0.25, 0.3) is 0 Å². The third-order valence-corrected chi connectivity index (χ3v) is 4.59. The van der Waals surface area contributed by atoms with Crippen LogP contribution in [0.1, 0.15) is 26.7 Å². The molecule has 16 heavy (non-hydrogen) atoms. The minimum absolute atomic E-state index is 0.290. The van der Waals surface area contributed by atoms with E-state index in [0.717, 1.165) is 18.9 Å². The number of amides is 1. The molecule has 92 valence electrons. The molecule has 2 aliphatic rings. The minimum atomic E-state index is 0.290. The van der Waals surface area contributed by atoms with E-state index in [0.29, 0.717) is 18.4 Å². The van der Waals surface area contributed by atoms with Crippen LogP contribution in [0.25, 0.3) is 0 Å². The van der Waals surface area contributed by atoms with Crippen LogP contribution in [0.4, 0.5) is 0 Å². The summed E-state index contributed by atoms with van der Waals surface area (Å²) in [7, 11) is 0. The Morgan fingerprint density at radius 1 is 1.56 bits per heavy atom. The Labute approximate surface area is 102 Å². The lowest BCUT2D eigenvalue weighted by molar-refractivity contribution is -0.128. The Balaban J connectivity index is 1.90. The smallest absolute Gasteiger partial charge is 0.237 e. The van der Waals surface area contributed by atoms with Gasteiger partial charge < -0.3 is 4.90 Å². The van der Waals surface area contributed by atoms with Crippen molar-refractivity contribution in [3.8, 4) is 0 Å². The quantitative estimate of drug-likeness (QED) is 0.812. The Kier molecular flexibility index (Phi) is 4.14. The number of hydrogen-bond donors (Lipinski definition) is 1. The van der Waals surface area contributed by atoms with Gasteiger partial charge in [0, 0.05) is 6.54 Å². The zero-order valence-corrected chi connectivity index (χ0v) is 11.1. The van der Waals surface area contributed by atoms with Crippen molar-refractivity contribution >= 4 is 17.7 Å². The molecule has 1 N–H and O–H groups in total. The molecule has 0 aromatic carbocycles. The van der Waals surface area contributed by atoms with Crippen molar-refractivity contribution in [3.63, 3.8) is 0 Å². The summed E-state index contributed by atoms with van der Waals surface area (Å²) >= 11 is 2.02. The number of thioether (sulfide) groups is 1. The molecule has 2 atom stereocenters. The predicted molar refractivity (Wildman–Crippen MR) is 68.4 cm³/mol. The number of nitrogens with zero attached hydrogens (tertiary/aromatic N) is 1. The maximum atomic E-state index is 11.8. The molecular formula is C12H22N2OS. The molecule has 2 heterocycles. The molecule has 2 fully saturated rings. The van der Waals surface area contributed by atoms with Crippen molar-refractivity contribution < 1.29 is 4.79 Å². The fourth-order valence-electron chi connectivity index (χ4n) is 2.48. The van der Waals surface area contributed by atoms with Crippen LogP contribution in [-0.4, -0.2) is 41.6 Å². The van der Waals surface area contributed by atoms with Gasteiger partial charge in [-0.05, 0) is 36.2 Å². The van der Waals surface area contributed by atoms with Gasteiger partial charge in [-0.15, -0.1) is 0 Å². The van der Waals surface area contributed by atoms with E-state index >= 15 is 0 Å². The highest BCUT2D eigenvalue weighted by Gasteiger charge is 2.32. The summed E-state index contributed by atoms with van der Waals surface area (Å²) in [5.74, 6) is 4.17. The standard InChI is InChI=1S/C12H22N2OS/c1-9(2)5-11-13-6-12(15)14(11)7-10-3-4-16-8-10/h9-11,13H,3-8H2,1-2H3. The summed E-state index contributed by atoms with van der Waals surface area (Å²) in [6.07, 6.45) is 2.65. The summed E-state index contributed by atoms with van der Waals surface area (Å²) in [4.78, 5) is 13.9. The molecule has 2 aliphatic heterocycles. The summed E-state index contributed by atoms with van der Waals surface area (Å²) < 4.78 is 0. The summed E-state index contributed by atoms with van der Waals surface area (Å²) in [5.41, 5.74) is 0. The summed E-state index contributed by atoms with van der Waals surface area (Å²) in [5, 5.41) is 3.33. The molecule has 1 amide bonds. The van der Waals surface area contributed by atoms with Gasteiger partial charge in [0.2, 0.25) is 5.91 Å². The van der Waals surface area contributed by atoms with Gasteiger partial charge in [-0.2, -0.15) is 11.8 Å². The van der Waals surface area contributed by atoms with E-state index in [2.05, 4.69) is 24.1 Å². The fourth-order valence-corrected chi connectivity index (χ4v) is 3.75. The van der Waals surface area contributed by atoms with E-state index in [4.69, 9.17) is 0 Å². The highest BCUT2D eigenvalue weighted by molar-refractivity contribution is 7.99. The molecule has 0 aromatic heterocycles. The molecule has 4 heteroatoms. The van der Waals surface area contributed by atoms with Crippen LogP contribution in [0.3, 0.4) is 0 Å². The molecule has 0 aliphatic carbocycles. The van der Waals surface area contributed by atoms with Crippen molar-refractivity contribution in [1.29, 1.82) is 0 Å². The minimum Gasteiger partial charge on any atom is -0.326 e. The highest BCUT2D eigenvalue weighted by Crippen LogP contribution is 2.26. The van der Waals surface area contributed by atoms with Gasteiger partial charge in [-0.25, -0.2) is 0 Å². The van der Waals surface area contributed by atoms with Crippen LogP contribution >= 0.6 is 11.8 Å². The van der Waals surface area contributed by atoms with Gasteiger partial charge >= 0.3 is 0 Å². The van der Waals surface area contributed by atoms with Crippen molar-refractivity contribution in [2.45, 2.75) is 32.9 Å². The second kappa shape index (κ2) is 5.41. The van der Waals surface area contributed by atoms with Crippen molar-refractivity contribution in [1.82, 2.24) is 10.2 Å². The Morgan fingerprint density at radius 3 is 3.00 bits per heavy atom. The van der Waals surface area contributed by atoms with E-state index in [1.54, 1.807) is 0 Å². The van der Waals surface area contributed by atoms with Crippen LogP contribution in [0.2, 0.25) is 0 Å². The zero-order chi connectivity index (χ0) is 11.5. The lowest BCUT2D eigenvalue weighted by Crippen LogP contribution is -2.41. The van der Waals surface area contributed by atoms with Crippen LogP contribution in [0, 0.1) is 11.8 Å². The lowest BCUT2D eigenvalue weighted by atomic mass is 10.1. The van der Waals surface area contributed by atoms with Crippen LogP contribution in [0.5, 0.6) is 0 Å². The molecule has 0 aromatic rings. The molecule has 3 nitrogen and oxygen atoms in total. The number of nitrogens with one attached hydrogen (secondary N) is 1. The van der Waals surface area contributed by atoms with E-state index in [9.17, 15) is 4.79 Å². The van der Waals surface area contributed by atoms with Crippen LogP contribution in [-0.2, 0) is 4.79 Å². The van der Waals surface area contributed by atoms with Gasteiger partial charge in [0.15, 0.2) is 0 Å². The van der Waals surface area contributed by atoms with Crippen molar-refractivity contribution in [2.75, 3.05) is 24.6 Å². The van der Waals surface area contributed by atoms with E-state index < -0.39 is 0 Å². The largest absolute Gasteiger partial charge is 0.326 e. The van der Waals surface area contributed by atoms with E-state index in [-0.39, 0.29) is 6.17 Å². The van der Waals surface area contributed by atoms with Gasteiger partial charge in [-0.3, -0.25) is 10.1 Å². The highest BCUT2D eigenvalue weighted by atomic mass is 32.2. The summed E-state index contributed by atoms with van der Waals surface area (Å²) in [6.45, 7) is 5.94. The number of carbonyl (C=O) groups excluding carboxylic acids is 1. The third kappa shape index (κ3) is 2.92. The molecule has 2 rings (SSSR count). The molecule has 0 spiro atoms. The first-order chi connectivity index (χ1) is 7.66. The first-order valence-corrected chi connectivity index (χ1v) is 7.43. The predicted octanol–water partition coefficient (Wildman–Crippen LogP) is 1.54. The number of carbonyl (C=O) groups is 1. The third-order valence-electron chi connectivity index (χ3n) is 3.36. The molecule has 2 saturated heterocycles. The first-order valence-electron chi connectivity index (χ1n) is 6.27. The van der Waals surface area contributed by atoms with Crippen LogP contribution < -0.4 is 5.32 Å². The Hall–Kier alpha value is -0.220. The molecule has 0 saturated carbocycles. The molecule has 0 bridgehead atoms. The first kappa shape index (κ1) is 12.2. The average Bonchev–Trinajstić information content (AvgIpc) is 2.82. The summed E-state index contributed by atoms with van der Waals surface area (Å²) in [6, 6.07) is 0. The molecule has 0 radical (unpaired) electrons. The SMILES string of the molecule is CC(C)CC1NCC(=O)N1CC1CCSC1. The van der Waals surface area contributed by atoms with Crippen LogP contribution in [0.15, 0.2) is 0 Å². The topological polar surface area (TPSA) is 32.3 Å². The van der Waals surface area contributed by atoms with E-state index in [1.165, 1.54) is 17.9 Å². The molecular weight excluding hydrogens is 220 g/mol. The van der Waals surface area contributed by atoms with Gasteiger partial charge in [0.05, 0.1) is 12.7 Å². The fraction of sp³-hybridized carbons (Fsp3) is 0.917. The number of rotatable bonds is 4. The molecule has 2 unspecified atom stereocenters. The Bertz CT molecular complexity index is 251. The zero-order valence-electron chi connectivity index (χ0n) is 10.2. The van der Waals surface area contributed by atoms with E-state index in [1.807, 2.05) is 11.8 Å².